The molecule has 10 heteroatoms. The number of halogens is 2. The highest BCUT2D eigenvalue weighted by Gasteiger charge is 2.37. The van der Waals surface area contributed by atoms with E-state index in [1.54, 1.807) is 36.4 Å². The molecule has 206 valence electrons. The summed E-state index contributed by atoms with van der Waals surface area (Å²) < 4.78 is 7.91. The highest BCUT2D eigenvalue weighted by Crippen LogP contribution is 2.27. The third-order valence-electron chi connectivity index (χ3n) is 6.90. The summed E-state index contributed by atoms with van der Waals surface area (Å²) in [5, 5.41) is 0.772. The van der Waals surface area contributed by atoms with Gasteiger partial charge in [0.1, 0.15) is 12.4 Å². The molecule has 1 saturated heterocycles. The molecule has 0 bridgehead atoms. The van der Waals surface area contributed by atoms with E-state index in [4.69, 9.17) is 21.3 Å². The Balaban J connectivity index is 1.72. The minimum Gasteiger partial charge on any atom is -0.462 e. The van der Waals surface area contributed by atoms with Crippen LogP contribution in [0.25, 0.3) is 10.9 Å². The number of carbonyl (C=O) groups excluding carboxylic acids is 2. The summed E-state index contributed by atoms with van der Waals surface area (Å²) in [7, 11) is 1.94. The number of rotatable bonds is 4. The van der Waals surface area contributed by atoms with Crippen molar-refractivity contribution in [3.05, 3.63) is 110 Å². The van der Waals surface area contributed by atoms with Gasteiger partial charge in [0.15, 0.2) is 6.04 Å². The fourth-order valence-electron chi connectivity index (χ4n) is 4.85. The van der Waals surface area contributed by atoms with Gasteiger partial charge in [-0.15, -0.1) is 0 Å². The van der Waals surface area contributed by atoms with Crippen LogP contribution in [0.3, 0.4) is 0 Å². The van der Waals surface area contributed by atoms with Gasteiger partial charge in [0.05, 0.1) is 17.4 Å². The Morgan fingerprint density at radius 1 is 1.02 bits per heavy atom. The van der Waals surface area contributed by atoms with E-state index in [-0.39, 0.29) is 37.0 Å². The normalized spacial score (nSPS) is 17.0. The number of esters is 1. The van der Waals surface area contributed by atoms with Crippen molar-refractivity contribution in [3.63, 3.8) is 0 Å². The SMILES string of the molecule is CN1CCCN(C(=O)c2cccc(Br)c2)C(c2nc3cc(Cl)ccc3c(=O)n2Cc2ccccc2)C(=O)OCC1. The van der Waals surface area contributed by atoms with E-state index in [2.05, 4.69) is 20.8 Å². The first kappa shape index (κ1) is 28.0. The fraction of sp³-hybridized carbons (Fsp3) is 0.267. The molecule has 0 N–H and O–H groups in total. The molecule has 1 atom stereocenters. The lowest BCUT2D eigenvalue weighted by molar-refractivity contribution is -0.150. The molecule has 0 saturated carbocycles. The third kappa shape index (κ3) is 6.11. The summed E-state index contributed by atoms with van der Waals surface area (Å²) in [6.07, 6.45) is 0.613. The topological polar surface area (TPSA) is 84.7 Å². The van der Waals surface area contributed by atoms with Gasteiger partial charge in [-0.3, -0.25) is 14.2 Å². The van der Waals surface area contributed by atoms with Crippen molar-refractivity contribution in [1.82, 2.24) is 19.4 Å². The molecular formula is C30H28BrClN4O4. The lowest BCUT2D eigenvalue weighted by Crippen LogP contribution is -2.45. The van der Waals surface area contributed by atoms with Gasteiger partial charge in [0, 0.05) is 28.1 Å². The number of cyclic esters (lactones) is 1. The van der Waals surface area contributed by atoms with Gasteiger partial charge in [-0.05, 0) is 62.0 Å². The van der Waals surface area contributed by atoms with Crippen molar-refractivity contribution in [2.24, 2.45) is 0 Å². The molecule has 8 nitrogen and oxygen atoms in total. The number of nitrogens with zero attached hydrogens (tertiary/aromatic N) is 4. The average molecular weight is 624 g/mol. The maximum Gasteiger partial charge on any atom is 0.336 e. The molecule has 2 heterocycles. The molecule has 1 amide bonds. The van der Waals surface area contributed by atoms with E-state index < -0.39 is 12.0 Å². The number of hydrogen-bond donors (Lipinski definition) is 0. The Labute approximate surface area is 245 Å². The number of fused-ring (bicyclic) bond motifs is 1. The van der Waals surface area contributed by atoms with Gasteiger partial charge in [0.2, 0.25) is 0 Å². The predicted octanol–water partition coefficient (Wildman–Crippen LogP) is 4.92. The third-order valence-corrected chi connectivity index (χ3v) is 7.63. The Bertz CT molecular complexity index is 1610. The Hall–Kier alpha value is -3.53. The van der Waals surface area contributed by atoms with Gasteiger partial charge < -0.3 is 14.5 Å². The van der Waals surface area contributed by atoms with Crippen molar-refractivity contribution in [3.8, 4) is 0 Å². The molecule has 0 radical (unpaired) electrons. The van der Waals surface area contributed by atoms with Gasteiger partial charge in [-0.2, -0.15) is 0 Å². The van der Waals surface area contributed by atoms with Crippen LogP contribution in [0.5, 0.6) is 0 Å². The second-order valence-electron chi connectivity index (χ2n) is 9.74. The lowest BCUT2D eigenvalue weighted by atomic mass is 10.1. The van der Waals surface area contributed by atoms with E-state index in [0.717, 1.165) is 10.0 Å². The van der Waals surface area contributed by atoms with Crippen LogP contribution in [0.1, 0.15) is 34.2 Å². The van der Waals surface area contributed by atoms with E-state index in [1.165, 1.54) is 9.47 Å². The Kier molecular flexibility index (Phi) is 8.63. The van der Waals surface area contributed by atoms with E-state index in [0.29, 0.717) is 41.0 Å². The zero-order valence-corrected chi connectivity index (χ0v) is 24.3. The standard InChI is InChI=1S/C30H28BrClN4O4/c1-34-13-6-14-35(28(37)21-9-5-10-22(31)17-21)26(30(39)40-16-15-34)27-33-25-18-23(32)11-12-24(25)29(38)36(27)19-20-7-3-2-4-8-20/h2-5,7-12,17-18,26H,6,13-16,19H2,1H3. The molecule has 1 aliphatic heterocycles. The predicted molar refractivity (Wildman–Crippen MR) is 158 cm³/mol. The molecule has 5 rings (SSSR count). The van der Waals surface area contributed by atoms with Crippen LogP contribution in [0, 0.1) is 0 Å². The number of carbonyl (C=O) groups is 2. The summed E-state index contributed by atoms with van der Waals surface area (Å²) in [6.45, 7) is 1.81. The van der Waals surface area contributed by atoms with Crippen LogP contribution in [-0.2, 0) is 16.1 Å². The van der Waals surface area contributed by atoms with Gasteiger partial charge in [-0.1, -0.05) is 63.9 Å². The fourth-order valence-corrected chi connectivity index (χ4v) is 5.42. The summed E-state index contributed by atoms with van der Waals surface area (Å²) in [6, 6.07) is 20.0. The van der Waals surface area contributed by atoms with Crippen LogP contribution >= 0.6 is 27.5 Å². The van der Waals surface area contributed by atoms with Crippen LogP contribution in [0.2, 0.25) is 5.02 Å². The number of aromatic nitrogens is 2. The van der Waals surface area contributed by atoms with Gasteiger partial charge >= 0.3 is 5.97 Å². The van der Waals surface area contributed by atoms with Crippen LogP contribution in [0.15, 0.2) is 82.1 Å². The van der Waals surface area contributed by atoms with Crippen LogP contribution < -0.4 is 5.56 Å². The molecule has 1 unspecified atom stereocenters. The first-order valence-electron chi connectivity index (χ1n) is 13.0. The second kappa shape index (κ2) is 12.3. The van der Waals surface area contributed by atoms with Crippen molar-refractivity contribution >= 4 is 50.3 Å². The smallest absolute Gasteiger partial charge is 0.336 e. The first-order valence-corrected chi connectivity index (χ1v) is 14.1. The highest BCUT2D eigenvalue weighted by atomic mass is 79.9. The van der Waals surface area contributed by atoms with Gasteiger partial charge in [0.25, 0.3) is 11.5 Å². The molecule has 3 aromatic carbocycles. The summed E-state index contributed by atoms with van der Waals surface area (Å²) in [4.78, 5) is 50.2. The van der Waals surface area contributed by atoms with Crippen LogP contribution in [-0.4, -0.2) is 64.5 Å². The quantitative estimate of drug-likeness (QED) is 0.300. The van der Waals surface area contributed by atoms with Crippen molar-refractivity contribution in [2.45, 2.75) is 19.0 Å². The lowest BCUT2D eigenvalue weighted by Gasteiger charge is -2.33. The second-order valence-corrected chi connectivity index (χ2v) is 11.1. The number of amides is 1. The molecule has 40 heavy (non-hydrogen) atoms. The van der Waals surface area contributed by atoms with Crippen LogP contribution in [0.4, 0.5) is 0 Å². The molecule has 4 aromatic rings. The summed E-state index contributed by atoms with van der Waals surface area (Å²) >= 11 is 9.71. The minimum atomic E-state index is -1.25. The number of ether oxygens (including phenoxy) is 1. The summed E-state index contributed by atoms with van der Waals surface area (Å²) in [5.74, 6) is -0.877. The van der Waals surface area contributed by atoms with E-state index >= 15 is 0 Å². The number of likely N-dealkylation sites (N-methyl/N-ethyl adjacent to an activating group) is 1. The van der Waals surface area contributed by atoms with E-state index in [9.17, 15) is 14.4 Å². The van der Waals surface area contributed by atoms with Crippen molar-refractivity contribution < 1.29 is 14.3 Å². The molecular weight excluding hydrogens is 596 g/mol. The molecule has 1 aromatic heterocycles. The molecule has 0 spiro atoms. The largest absolute Gasteiger partial charge is 0.462 e. The maximum atomic E-state index is 14.0. The van der Waals surface area contributed by atoms with Crippen molar-refractivity contribution in [1.29, 1.82) is 0 Å². The molecule has 0 aliphatic carbocycles. The highest BCUT2D eigenvalue weighted by molar-refractivity contribution is 9.10. The van der Waals surface area contributed by atoms with E-state index in [1.807, 2.05) is 43.4 Å². The van der Waals surface area contributed by atoms with Gasteiger partial charge in [-0.25, -0.2) is 9.78 Å². The maximum absolute atomic E-state index is 14.0. The Morgan fingerprint density at radius 3 is 2.60 bits per heavy atom. The van der Waals surface area contributed by atoms with Crippen molar-refractivity contribution in [2.75, 3.05) is 33.3 Å². The first-order chi connectivity index (χ1) is 19.3. The number of hydrogen-bond acceptors (Lipinski definition) is 6. The monoisotopic (exact) mass is 622 g/mol. The average Bonchev–Trinajstić information content (AvgIpc) is 2.94. The number of benzene rings is 3. The Morgan fingerprint density at radius 2 is 1.82 bits per heavy atom. The molecule has 1 aliphatic rings. The molecule has 1 fully saturated rings. The zero-order chi connectivity index (χ0) is 28.2. The minimum absolute atomic E-state index is 0.130. The zero-order valence-electron chi connectivity index (χ0n) is 21.9. The summed E-state index contributed by atoms with van der Waals surface area (Å²) in [5.41, 5.74) is 1.26.